The minimum absolute atomic E-state index is 0.106. The van der Waals surface area contributed by atoms with E-state index in [0.717, 1.165) is 11.3 Å². The number of aliphatic carboxylic acids is 1. The first-order valence-electron chi connectivity index (χ1n) is 6.85. The molecule has 0 radical (unpaired) electrons. The summed E-state index contributed by atoms with van der Waals surface area (Å²) < 4.78 is 9.96. The Balaban J connectivity index is 0.000000688. The zero-order chi connectivity index (χ0) is 17.8. The van der Waals surface area contributed by atoms with Gasteiger partial charge < -0.3 is 25.6 Å². The molecule has 0 fully saturated rings. The minimum Gasteiger partial charge on any atom is -0.497 e. The maximum absolute atomic E-state index is 11.2. The van der Waals surface area contributed by atoms with Gasteiger partial charge in [0.05, 0.1) is 13.0 Å². The van der Waals surface area contributed by atoms with E-state index in [9.17, 15) is 9.59 Å². The molecule has 5 N–H and O–H groups in total. The highest BCUT2D eigenvalue weighted by Crippen LogP contribution is 2.11. The average molecular weight is 325 g/mol. The lowest BCUT2D eigenvalue weighted by Gasteiger charge is -2.06. The van der Waals surface area contributed by atoms with E-state index in [4.69, 9.17) is 25.7 Å². The summed E-state index contributed by atoms with van der Waals surface area (Å²) in [6.07, 6.45) is 0. The SMILES string of the molecule is CC(C)C(=O)O.COc1ccc(COC(=O)CNC(=N)N)cc1. The van der Waals surface area contributed by atoms with Crippen molar-refractivity contribution >= 4 is 17.9 Å². The summed E-state index contributed by atoms with van der Waals surface area (Å²) in [6, 6.07) is 7.20. The molecule has 1 aromatic rings. The lowest BCUT2D eigenvalue weighted by molar-refractivity contribution is -0.143. The van der Waals surface area contributed by atoms with E-state index >= 15 is 0 Å². The summed E-state index contributed by atoms with van der Waals surface area (Å²) in [4.78, 5) is 20.9. The molecule has 8 heteroatoms. The number of benzene rings is 1. The molecule has 0 saturated heterocycles. The fourth-order valence-corrected chi connectivity index (χ4v) is 1.10. The third-order valence-electron chi connectivity index (χ3n) is 2.48. The van der Waals surface area contributed by atoms with Crippen LogP contribution in [0.2, 0.25) is 0 Å². The van der Waals surface area contributed by atoms with Crippen LogP contribution in [0.3, 0.4) is 0 Å². The Labute approximate surface area is 135 Å². The summed E-state index contributed by atoms with van der Waals surface area (Å²) in [5.74, 6) is -0.944. The molecule has 0 spiro atoms. The number of nitrogens with one attached hydrogen (secondary N) is 2. The third-order valence-corrected chi connectivity index (χ3v) is 2.48. The Bertz CT molecular complexity index is 514. The zero-order valence-corrected chi connectivity index (χ0v) is 13.5. The number of methoxy groups -OCH3 is 1. The maximum Gasteiger partial charge on any atom is 0.325 e. The molecular formula is C15H23N3O5. The number of esters is 1. The first kappa shape index (κ1) is 20.2. The van der Waals surface area contributed by atoms with Gasteiger partial charge in [-0.15, -0.1) is 0 Å². The van der Waals surface area contributed by atoms with Crippen LogP contribution in [0.15, 0.2) is 24.3 Å². The summed E-state index contributed by atoms with van der Waals surface area (Å²) >= 11 is 0. The van der Waals surface area contributed by atoms with Gasteiger partial charge in [-0.2, -0.15) is 0 Å². The second-order valence-corrected chi connectivity index (χ2v) is 4.77. The number of carboxylic acids is 1. The van der Waals surface area contributed by atoms with E-state index in [0.29, 0.717) is 0 Å². The predicted molar refractivity (Wildman–Crippen MR) is 85.2 cm³/mol. The van der Waals surface area contributed by atoms with Crippen molar-refractivity contribution in [3.8, 4) is 5.75 Å². The van der Waals surface area contributed by atoms with Crippen molar-refractivity contribution in [1.29, 1.82) is 5.41 Å². The normalized spacial score (nSPS) is 9.39. The first-order valence-corrected chi connectivity index (χ1v) is 6.85. The molecule has 0 amide bonds. The molecule has 0 aliphatic rings. The lowest BCUT2D eigenvalue weighted by atomic mass is 10.2. The van der Waals surface area contributed by atoms with Crippen molar-refractivity contribution in [3.05, 3.63) is 29.8 Å². The summed E-state index contributed by atoms with van der Waals surface area (Å²) in [7, 11) is 1.59. The van der Waals surface area contributed by atoms with Gasteiger partial charge in [-0.1, -0.05) is 26.0 Å². The van der Waals surface area contributed by atoms with Crippen LogP contribution in [-0.2, 0) is 20.9 Å². The molecule has 0 saturated carbocycles. The van der Waals surface area contributed by atoms with Crippen LogP contribution in [0.5, 0.6) is 5.75 Å². The average Bonchev–Trinajstić information content (AvgIpc) is 2.51. The highest BCUT2D eigenvalue weighted by molar-refractivity contribution is 5.80. The number of carboxylic acid groups (broad SMARTS) is 1. The van der Waals surface area contributed by atoms with Crippen LogP contribution in [0.25, 0.3) is 0 Å². The zero-order valence-electron chi connectivity index (χ0n) is 13.5. The molecule has 0 unspecified atom stereocenters. The highest BCUT2D eigenvalue weighted by atomic mass is 16.5. The van der Waals surface area contributed by atoms with Crippen molar-refractivity contribution < 1.29 is 24.2 Å². The quantitative estimate of drug-likeness (QED) is 0.347. The second-order valence-electron chi connectivity index (χ2n) is 4.77. The van der Waals surface area contributed by atoms with Crippen LogP contribution in [0.1, 0.15) is 19.4 Å². The monoisotopic (exact) mass is 325 g/mol. The molecule has 0 atom stereocenters. The number of carbonyl (C=O) groups excluding carboxylic acids is 1. The second kappa shape index (κ2) is 10.9. The molecule has 128 valence electrons. The van der Waals surface area contributed by atoms with E-state index in [1.54, 1.807) is 33.1 Å². The van der Waals surface area contributed by atoms with Crippen molar-refractivity contribution in [1.82, 2.24) is 5.32 Å². The Morgan fingerprint density at radius 3 is 2.22 bits per heavy atom. The molecule has 1 rings (SSSR count). The Morgan fingerprint density at radius 2 is 1.83 bits per heavy atom. The smallest absolute Gasteiger partial charge is 0.325 e. The van der Waals surface area contributed by atoms with Crippen molar-refractivity contribution in [2.24, 2.45) is 11.7 Å². The van der Waals surface area contributed by atoms with Crippen LogP contribution in [0, 0.1) is 11.3 Å². The Morgan fingerprint density at radius 1 is 1.30 bits per heavy atom. The van der Waals surface area contributed by atoms with Crippen molar-refractivity contribution in [2.45, 2.75) is 20.5 Å². The number of nitrogens with two attached hydrogens (primary N) is 1. The van der Waals surface area contributed by atoms with Gasteiger partial charge in [0.15, 0.2) is 5.96 Å². The van der Waals surface area contributed by atoms with Gasteiger partial charge in [0.25, 0.3) is 0 Å². The van der Waals surface area contributed by atoms with E-state index in [2.05, 4.69) is 5.32 Å². The topological polar surface area (TPSA) is 135 Å². The Hall–Kier alpha value is -2.77. The molecular weight excluding hydrogens is 302 g/mol. The molecule has 0 aliphatic carbocycles. The van der Waals surface area contributed by atoms with Crippen molar-refractivity contribution in [3.63, 3.8) is 0 Å². The van der Waals surface area contributed by atoms with Gasteiger partial charge in [-0.05, 0) is 17.7 Å². The standard InChI is InChI=1S/C11H15N3O3.C4H8O2/c1-16-9-4-2-8(3-5-9)7-17-10(15)6-14-11(12)13;1-3(2)4(5)6/h2-5H,6-7H2,1H3,(H4,12,13,14);3H,1-2H3,(H,5,6). The van der Waals surface area contributed by atoms with E-state index in [1.807, 2.05) is 12.1 Å². The number of guanidine groups is 1. The van der Waals surface area contributed by atoms with Gasteiger partial charge in [0.2, 0.25) is 0 Å². The number of ether oxygens (including phenoxy) is 2. The van der Waals surface area contributed by atoms with E-state index in [1.165, 1.54) is 0 Å². The number of hydrogen-bond donors (Lipinski definition) is 4. The van der Waals surface area contributed by atoms with Crippen LogP contribution >= 0.6 is 0 Å². The fraction of sp³-hybridized carbons (Fsp3) is 0.400. The predicted octanol–water partition coefficient (Wildman–Crippen LogP) is 0.948. The van der Waals surface area contributed by atoms with Gasteiger partial charge in [0, 0.05) is 0 Å². The van der Waals surface area contributed by atoms with E-state index in [-0.39, 0.29) is 25.0 Å². The largest absolute Gasteiger partial charge is 0.497 e. The molecule has 0 heterocycles. The molecule has 0 aliphatic heterocycles. The summed E-state index contributed by atoms with van der Waals surface area (Å²) in [5.41, 5.74) is 5.89. The molecule has 0 bridgehead atoms. The van der Waals surface area contributed by atoms with Crippen LogP contribution in [-0.4, -0.2) is 36.7 Å². The van der Waals surface area contributed by atoms with Gasteiger partial charge in [-0.25, -0.2) is 0 Å². The molecule has 8 nitrogen and oxygen atoms in total. The maximum atomic E-state index is 11.2. The van der Waals surface area contributed by atoms with Gasteiger partial charge >= 0.3 is 11.9 Å². The molecule has 23 heavy (non-hydrogen) atoms. The van der Waals surface area contributed by atoms with Gasteiger partial charge in [-0.3, -0.25) is 15.0 Å². The molecule has 0 aromatic heterocycles. The number of rotatable bonds is 6. The van der Waals surface area contributed by atoms with Gasteiger partial charge in [0.1, 0.15) is 18.9 Å². The van der Waals surface area contributed by atoms with Crippen LogP contribution < -0.4 is 15.8 Å². The van der Waals surface area contributed by atoms with Crippen molar-refractivity contribution in [2.75, 3.05) is 13.7 Å². The highest BCUT2D eigenvalue weighted by Gasteiger charge is 2.03. The number of hydrogen-bond acceptors (Lipinski definition) is 5. The Kier molecular flexibility index (Phi) is 9.57. The fourth-order valence-electron chi connectivity index (χ4n) is 1.10. The first-order chi connectivity index (χ1) is 10.8. The number of carbonyl (C=O) groups is 2. The summed E-state index contributed by atoms with van der Waals surface area (Å²) in [6.45, 7) is 3.36. The minimum atomic E-state index is -0.741. The molecule has 1 aromatic carbocycles. The lowest BCUT2D eigenvalue weighted by Crippen LogP contribution is -2.35. The van der Waals surface area contributed by atoms with E-state index < -0.39 is 11.9 Å². The van der Waals surface area contributed by atoms with Crippen LogP contribution in [0.4, 0.5) is 0 Å². The third kappa shape index (κ3) is 10.6. The summed E-state index contributed by atoms with van der Waals surface area (Å²) in [5, 5.41) is 17.2.